The summed E-state index contributed by atoms with van der Waals surface area (Å²) in [5.41, 5.74) is 1.07. The fraction of sp³-hybridized carbons (Fsp3) is 0.522. The molecule has 31 heavy (non-hydrogen) atoms. The molecule has 0 aromatic heterocycles. The number of imide groups is 1. The number of likely N-dealkylation sites (tertiary alicyclic amines) is 1. The lowest BCUT2D eigenvalue weighted by molar-refractivity contribution is -0.140. The Balaban J connectivity index is 1.14. The number of carbonyl (C=O) groups excluding carboxylic acids is 2. The molecule has 4 rings (SSSR count). The van der Waals surface area contributed by atoms with Crippen LogP contribution in [0.25, 0.3) is 0 Å². The highest BCUT2D eigenvalue weighted by Gasteiger charge is 2.58. The molecular weight excluding hydrogens is 412 g/mol. The molecule has 1 aliphatic heterocycles. The third-order valence-corrected chi connectivity index (χ3v) is 7.74. The summed E-state index contributed by atoms with van der Waals surface area (Å²) in [6.45, 7) is 1.60. The van der Waals surface area contributed by atoms with E-state index in [2.05, 4.69) is 27.8 Å². The normalized spacial score (nSPS) is 27.6. The predicted molar refractivity (Wildman–Crippen MR) is 122 cm³/mol. The van der Waals surface area contributed by atoms with Crippen LogP contribution in [0.3, 0.4) is 0 Å². The van der Waals surface area contributed by atoms with Crippen molar-refractivity contribution in [1.82, 2.24) is 15.5 Å². The van der Waals surface area contributed by atoms with Crippen molar-refractivity contribution in [3.05, 3.63) is 48.0 Å². The van der Waals surface area contributed by atoms with Gasteiger partial charge in [-0.2, -0.15) is 0 Å². The molecule has 1 aromatic carbocycles. The zero-order valence-corrected chi connectivity index (χ0v) is 18.6. The molecule has 166 valence electrons. The van der Waals surface area contributed by atoms with Crippen molar-refractivity contribution in [3.8, 4) is 0 Å². The van der Waals surface area contributed by atoms with E-state index in [0.717, 1.165) is 12.0 Å². The van der Waals surface area contributed by atoms with Crippen molar-refractivity contribution >= 4 is 28.6 Å². The number of fused-ring (bicyclic) bond motifs is 5. The maximum atomic E-state index is 12.7. The molecule has 2 fully saturated rings. The van der Waals surface area contributed by atoms with Gasteiger partial charge in [-0.3, -0.25) is 23.7 Å². The molecular formula is C23H30N4O3S. The Hall–Kier alpha value is -2.48. The van der Waals surface area contributed by atoms with E-state index in [4.69, 9.17) is 0 Å². The summed E-state index contributed by atoms with van der Waals surface area (Å²) >= 11 is 0. The van der Waals surface area contributed by atoms with E-state index >= 15 is 0 Å². The third-order valence-electron chi connectivity index (χ3n) is 6.43. The number of rotatable bonds is 9. The van der Waals surface area contributed by atoms with E-state index in [1.165, 1.54) is 4.90 Å². The van der Waals surface area contributed by atoms with Crippen molar-refractivity contribution in [2.24, 2.45) is 28.7 Å². The number of allylic oxidation sites excluding steroid dienone is 2. The van der Waals surface area contributed by atoms with Crippen LogP contribution in [0.4, 0.5) is 0 Å². The highest BCUT2D eigenvalue weighted by Crippen LogP contribution is 2.52. The SMILES string of the molecule is CN=C(NCCCN1C(=O)C2C3C=CC(C3)C2C1=O)NCCS(=O)Cc1ccccc1. The predicted octanol–water partition coefficient (Wildman–Crippen LogP) is 1.30. The maximum Gasteiger partial charge on any atom is 0.233 e. The molecule has 1 heterocycles. The van der Waals surface area contributed by atoms with Crippen LogP contribution >= 0.6 is 0 Å². The van der Waals surface area contributed by atoms with Crippen LogP contribution in [0.1, 0.15) is 18.4 Å². The van der Waals surface area contributed by atoms with Crippen molar-refractivity contribution in [2.75, 3.05) is 32.4 Å². The van der Waals surface area contributed by atoms with Gasteiger partial charge < -0.3 is 10.6 Å². The molecule has 1 aromatic rings. The summed E-state index contributed by atoms with van der Waals surface area (Å²) < 4.78 is 12.2. The second-order valence-electron chi connectivity index (χ2n) is 8.38. The maximum absolute atomic E-state index is 12.7. The first-order chi connectivity index (χ1) is 15.1. The van der Waals surface area contributed by atoms with Crippen LogP contribution < -0.4 is 10.6 Å². The van der Waals surface area contributed by atoms with Crippen molar-refractivity contribution in [2.45, 2.75) is 18.6 Å². The van der Waals surface area contributed by atoms with Gasteiger partial charge in [0.1, 0.15) is 0 Å². The first kappa shape index (κ1) is 21.7. The van der Waals surface area contributed by atoms with Gasteiger partial charge in [-0.1, -0.05) is 42.5 Å². The minimum Gasteiger partial charge on any atom is -0.356 e. The summed E-state index contributed by atoms with van der Waals surface area (Å²) in [7, 11) is 0.746. The Kier molecular flexibility index (Phi) is 6.85. The lowest BCUT2D eigenvalue weighted by atomic mass is 9.85. The van der Waals surface area contributed by atoms with Crippen LogP contribution in [0.5, 0.6) is 0 Å². The molecule has 2 N–H and O–H groups in total. The number of carbonyl (C=O) groups is 2. The van der Waals surface area contributed by atoms with Crippen LogP contribution in [-0.4, -0.2) is 59.3 Å². The van der Waals surface area contributed by atoms with E-state index < -0.39 is 10.8 Å². The first-order valence-electron chi connectivity index (χ1n) is 11.0. The molecule has 3 aliphatic rings. The van der Waals surface area contributed by atoms with Crippen molar-refractivity contribution in [1.29, 1.82) is 0 Å². The zero-order chi connectivity index (χ0) is 21.8. The smallest absolute Gasteiger partial charge is 0.233 e. The average Bonchev–Trinajstić information content (AvgIpc) is 3.45. The molecule has 0 radical (unpaired) electrons. The van der Waals surface area contributed by atoms with Gasteiger partial charge in [0.25, 0.3) is 0 Å². The van der Waals surface area contributed by atoms with E-state index in [1.54, 1.807) is 7.05 Å². The van der Waals surface area contributed by atoms with E-state index in [0.29, 0.717) is 43.5 Å². The van der Waals surface area contributed by atoms with E-state index in [9.17, 15) is 13.8 Å². The average molecular weight is 443 g/mol. The van der Waals surface area contributed by atoms with Gasteiger partial charge in [-0.05, 0) is 30.2 Å². The molecule has 2 amide bonds. The van der Waals surface area contributed by atoms with Gasteiger partial charge in [0.05, 0.1) is 11.8 Å². The number of nitrogens with one attached hydrogen (secondary N) is 2. The second-order valence-corrected chi connectivity index (χ2v) is 9.96. The zero-order valence-electron chi connectivity index (χ0n) is 17.8. The van der Waals surface area contributed by atoms with Gasteiger partial charge in [0.15, 0.2) is 5.96 Å². The lowest BCUT2D eigenvalue weighted by Crippen LogP contribution is -2.41. The molecule has 1 saturated heterocycles. The Bertz CT molecular complexity index is 871. The number of guanidine groups is 1. The monoisotopic (exact) mass is 442 g/mol. The summed E-state index contributed by atoms with van der Waals surface area (Å²) in [6, 6.07) is 9.82. The number of amides is 2. The summed E-state index contributed by atoms with van der Waals surface area (Å²) in [5, 5.41) is 6.38. The molecule has 5 atom stereocenters. The summed E-state index contributed by atoms with van der Waals surface area (Å²) in [6.07, 6.45) is 5.86. The molecule has 7 nitrogen and oxygen atoms in total. The second kappa shape index (κ2) is 9.77. The largest absolute Gasteiger partial charge is 0.356 e. The number of benzene rings is 1. The quantitative estimate of drug-likeness (QED) is 0.198. The van der Waals surface area contributed by atoms with Crippen LogP contribution in [0.15, 0.2) is 47.5 Å². The topological polar surface area (TPSA) is 90.9 Å². The molecule has 2 bridgehead atoms. The Morgan fingerprint density at radius 2 is 1.71 bits per heavy atom. The van der Waals surface area contributed by atoms with Crippen LogP contribution in [0, 0.1) is 23.7 Å². The Morgan fingerprint density at radius 1 is 1.06 bits per heavy atom. The summed E-state index contributed by atoms with van der Waals surface area (Å²) in [5.74, 6) is 2.00. The Labute approximate surface area is 185 Å². The van der Waals surface area contributed by atoms with Crippen molar-refractivity contribution in [3.63, 3.8) is 0 Å². The van der Waals surface area contributed by atoms with Gasteiger partial charge in [-0.15, -0.1) is 0 Å². The highest BCUT2D eigenvalue weighted by atomic mass is 32.2. The highest BCUT2D eigenvalue weighted by molar-refractivity contribution is 7.84. The fourth-order valence-electron chi connectivity index (χ4n) is 4.96. The lowest BCUT2D eigenvalue weighted by Gasteiger charge is -2.18. The van der Waals surface area contributed by atoms with Gasteiger partial charge in [0, 0.05) is 49.0 Å². The Morgan fingerprint density at radius 3 is 2.35 bits per heavy atom. The third kappa shape index (κ3) is 4.74. The van der Waals surface area contributed by atoms with Crippen LogP contribution in [-0.2, 0) is 26.1 Å². The molecule has 0 spiro atoms. The number of nitrogens with zero attached hydrogens (tertiary/aromatic N) is 2. The molecule has 1 saturated carbocycles. The number of aliphatic imine (C=N–C) groups is 1. The first-order valence-corrected chi connectivity index (χ1v) is 12.4. The van der Waals surface area contributed by atoms with Gasteiger partial charge in [0.2, 0.25) is 11.8 Å². The number of hydrogen-bond acceptors (Lipinski definition) is 4. The minimum absolute atomic E-state index is 0.00949. The molecule has 5 unspecified atom stereocenters. The van der Waals surface area contributed by atoms with Crippen LogP contribution in [0.2, 0.25) is 0 Å². The fourth-order valence-corrected chi connectivity index (χ4v) is 6.00. The molecule has 2 aliphatic carbocycles. The number of hydrogen-bond donors (Lipinski definition) is 2. The van der Waals surface area contributed by atoms with Crippen molar-refractivity contribution < 1.29 is 13.8 Å². The van der Waals surface area contributed by atoms with E-state index in [-0.39, 0.29) is 35.5 Å². The van der Waals surface area contributed by atoms with Gasteiger partial charge in [-0.25, -0.2) is 0 Å². The molecule has 8 heteroatoms. The summed E-state index contributed by atoms with van der Waals surface area (Å²) in [4.78, 5) is 31.0. The minimum atomic E-state index is -0.942. The standard InChI is InChI=1S/C23H30N4O3S/c1-24-23(26-11-13-31(30)15-16-6-3-2-4-7-16)25-10-5-12-27-21(28)19-17-8-9-18(14-17)20(19)22(27)29/h2-4,6-9,17-20H,5,10-15H2,1H3,(H2,24,25,26). The van der Waals surface area contributed by atoms with E-state index in [1.807, 2.05) is 30.3 Å². The van der Waals surface area contributed by atoms with Gasteiger partial charge >= 0.3 is 0 Å².